The van der Waals surface area contributed by atoms with Gasteiger partial charge in [0, 0.05) is 13.0 Å². The van der Waals surface area contributed by atoms with E-state index in [2.05, 4.69) is 24.9 Å². The predicted octanol–water partition coefficient (Wildman–Crippen LogP) is 6.42. The highest BCUT2D eigenvalue weighted by molar-refractivity contribution is 5.84. The van der Waals surface area contributed by atoms with Gasteiger partial charge in [0.1, 0.15) is 0 Å². The molecule has 5 rings (SSSR count). The van der Waals surface area contributed by atoms with Crippen LogP contribution in [0.15, 0.2) is 30.6 Å². The Balaban J connectivity index is 1.37. The van der Waals surface area contributed by atoms with Crippen LogP contribution >= 0.6 is 0 Å². The van der Waals surface area contributed by atoms with Crippen LogP contribution in [0.3, 0.4) is 0 Å². The number of aliphatic hydroxyl groups is 1. The number of methoxy groups -OCH3 is 1. The first-order chi connectivity index (χ1) is 17.2. The van der Waals surface area contributed by atoms with E-state index in [0.29, 0.717) is 30.1 Å². The fourth-order valence-corrected chi connectivity index (χ4v) is 8.71. The molecular weight excluding hydrogens is 448 g/mol. The SMILES string of the molecule is COC[C@]12CC[C@@](C)(O)C[C@@H]1CCC[C@@H]1CC[C@H](C(=O)Cn3cnc4ccccc43)[C@@]1(C)CC[C@H]2C. The molecule has 0 spiro atoms. The molecule has 5 nitrogen and oxygen atoms in total. The topological polar surface area (TPSA) is 64.3 Å². The van der Waals surface area contributed by atoms with Crippen LogP contribution in [-0.4, -0.2) is 39.8 Å². The number of carbonyl (C=O) groups is 1. The summed E-state index contributed by atoms with van der Waals surface area (Å²) < 4.78 is 7.91. The van der Waals surface area contributed by atoms with Gasteiger partial charge in [0.2, 0.25) is 0 Å². The number of hydrogen-bond acceptors (Lipinski definition) is 4. The number of benzene rings is 1. The van der Waals surface area contributed by atoms with E-state index in [-0.39, 0.29) is 16.7 Å². The number of hydrogen-bond donors (Lipinski definition) is 1. The summed E-state index contributed by atoms with van der Waals surface area (Å²) in [5, 5.41) is 10.9. The number of ether oxygens (including phenoxy) is 1. The Morgan fingerprint density at radius 3 is 2.67 bits per heavy atom. The first kappa shape index (κ1) is 25.9. The molecular formula is C31H46N2O3. The standard InChI is InChI=1S/C31H46N2O3/c1-22-14-15-30(3)23(8-7-9-24-18-29(2,35)16-17-31(22,24)20-36-4)12-13-25(30)28(34)19-33-21-32-26-10-5-6-11-27(26)33/h5-6,10-11,21-25,35H,7-9,12-20H2,1-4H3/t22-,23-,24+,25-,29-,30+,31+/m1/s1. The summed E-state index contributed by atoms with van der Waals surface area (Å²) in [4.78, 5) is 18.3. The number of Topliss-reactive ketones (excluding diaryl/α,β-unsaturated/α-hetero) is 1. The third-order valence-corrected chi connectivity index (χ3v) is 11.0. The third kappa shape index (κ3) is 4.55. The van der Waals surface area contributed by atoms with E-state index in [0.717, 1.165) is 69.0 Å². The van der Waals surface area contributed by atoms with Crippen molar-refractivity contribution in [2.45, 2.75) is 97.1 Å². The Kier molecular flexibility index (Phi) is 7.10. The van der Waals surface area contributed by atoms with Crippen molar-refractivity contribution in [3.05, 3.63) is 30.6 Å². The Bertz CT molecular complexity index is 1080. The van der Waals surface area contributed by atoms with Gasteiger partial charge in [-0.05, 0) is 105 Å². The van der Waals surface area contributed by atoms with Crippen LogP contribution < -0.4 is 0 Å². The van der Waals surface area contributed by atoms with Gasteiger partial charge in [-0.1, -0.05) is 32.4 Å². The molecule has 0 amide bonds. The second kappa shape index (κ2) is 9.87. The summed E-state index contributed by atoms with van der Waals surface area (Å²) >= 11 is 0. The van der Waals surface area contributed by atoms with Gasteiger partial charge in [0.25, 0.3) is 0 Å². The molecule has 3 saturated carbocycles. The number of fused-ring (bicyclic) bond motifs is 3. The zero-order chi connectivity index (χ0) is 25.6. The quantitative estimate of drug-likeness (QED) is 0.521. The molecule has 2 aromatic rings. The molecule has 198 valence electrons. The van der Waals surface area contributed by atoms with E-state index in [1.807, 2.05) is 43.1 Å². The van der Waals surface area contributed by atoms with Crippen molar-refractivity contribution in [3.8, 4) is 0 Å². The molecule has 1 aromatic carbocycles. The first-order valence-corrected chi connectivity index (χ1v) is 14.3. The highest BCUT2D eigenvalue weighted by Gasteiger charge is 2.53. The molecule has 3 fully saturated rings. The molecule has 3 aliphatic carbocycles. The average molecular weight is 495 g/mol. The zero-order valence-electron chi connectivity index (χ0n) is 22.8. The van der Waals surface area contributed by atoms with Crippen LogP contribution in [0.4, 0.5) is 0 Å². The van der Waals surface area contributed by atoms with Gasteiger partial charge in [-0.2, -0.15) is 0 Å². The minimum Gasteiger partial charge on any atom is -0.390 e. The summed E-state index contributed by atoms with van der Waals surface area (Å²) in [6, 6.07) is 8.10. The lowest BCUT2D eigenvalue weighted by atomic mass is 9.54. The molecule has 1 aromatic heterocycles. The van der Waals surface area contributed by atoms with Gasteiger partial charge in [0.05, 0.1) is 36.1 Å². The van der Waals surface area contributed by atoms with E-state index in [4.69, 9.17) is 4.74 Å². The molecule has 0 bridgehead atoms. The second-order valence-electron chi connectivity index (χ2n) is 13.1. The summed E-state index contributed by atoms with van der Waals surface area (Å²) in [6.45, 7) is 8.09. The van der Waals surface area contributed by atoms with Crippen molar-refractivity contribution in [2.24, 2.45) is 34.5 Å². The van der Waals surface area contributed by atoms with Crippen LogP contribution in [0.25, 0.3) is 11.0 Å². The van der Waals surface area contributed by atoms with E-state index >= 15 is 0 Å². The predicted molar refractivity (Wildman–Crippen MR) is 144 cm³/mol. The van der Waals surface area contributed by atoms with Crippen molar-refractivity contribution >= 4 is 16.8 Å². The molecule has 0 radical (unpaired) electrons. The number of nitrogens with zero attached hydrogens (tertiary/aromatic N) is 2. The van der Waals surface area contributed by atoms with Crippen molar-refractivity contribution in [1.29, 1.82) is 0 Å². The zero-order valence-corrected chi connectivity index (χ0v) is 22.8. The van der Waals surface area contributed by atoms with E-state index < -0.39 is 5.60 Å². The molecule has 0 unspecified atom stereocenters. The lowest BCUT2D eigenvalue weighted by Gasteiger charge is -2.53. The molecule has 5 heteroatoms. The third-order valence-electron chi connectivity index (χ3n) is 11.0. The van der Waals surface area contributed by atoms with Crippen molar-refractivity contribution in [3.63, 3.8) is 0 Å². The van der Waals surface area contributed by atoms with Gasteiger partial charge in [-0.25, -0.2) is 4.98 Å². The Hall–Kier alpha value is -1.72. The fourth-order valence-electron chi connectivity index (χ4n) is 8.71. The highest BCUT2D eigenvalue weighted by Crippen LogP contribution is 2.58. The number of carbonyl (C=O) groups excluding carboxylic acids is 1. The van der Waals surface area contributed by atoms with Crippen molar-refractivity contribution in [1.82, 2.24) is 9.55 Å². The van der Waals surface area contributed by atoms with Gasteiger partial charge >= 0.3 is 0 Å². The summed E-state index contributed by atoms with van der Waals surface area (Å²) in [7, 11) is 1.84. The monoisotopic (exact) mass is 494 g/mol. The number of imidazole rings is 1. The number of ketones is 1. The van der Waals surface area contributed by atoms with Gasteiger partial charge in [-0.3, -0.25) is 4.79 Å². The average Bonchev–Trinajstić information content (AvgIpc) is 3.40. The second-order valence-corrected chi connectivity index (χ2v) is 13.1. The summed E-state index contributed by atoms with van der Waals surface area (Å²) in [5.74, 6) is 2.14. The Morgan fingerprint density at radius 2 is 1.86 bits per heavy atom. The minimum atomic E-state index is -0.553. The molecule has 0 aliphatic heterocycles. The maximum atomic E-state index is 13.8. The van der Waals surface area contributed by atoms with Crippen LogP contribution in [0.2, 0.25) is 0 Å². The van der Waals surface area contributed by atoms with Crippen LogP contribution in [-0.2, 0) is 16.1 Å². The lowest BCUT2D eigenvalue weighted by Crippen LogP contribution is -2.50. The normalized spacial score (nSPS) is 39.5. The van der Waals surface area contributed by atoms with E-state index in [9.17, 15) is 9.90 Å². The van der Waals surface area contributed by atoms with Gasteiger partial charge in [0.15, 0.2) is 5.78 Å². The maximum Gasteiger partial charge on any atom is 0.156 e. The Labute approximate surface area is 217 Å². The number of para-hydroxylation sites is 2. The van der Waals surface area contributed by atoms with Crippen LogP contribution in [0, 0.1) is 34.5 Å². The molecule has 0 saturated heterocycles. The molecule has 1 heterocycles. The number of rotatable bonds is 5. The van der Waals surface area contributed by atoms with Gasteiger partial charge < -0.3 is 14.4 Å². The molecule has 3 aliphatic rings. The van der Waals surface area contributed by atoms with Crippen molar-refractivity contribution < 1.29 is 14.6 Å². The maximum absolute atomic E-state index is 13.8. The highest BCUT2D eigenvalue weighted by atomic mass is 16.5. The Morgan fingerprint density at radius 1 is 1.08 bits per heavy atom. The van der Waals surface area contributed by atoms with Crippen LogP contribution in [0.5, 0.6) is 0 Å². The van der Waals surface area contributed by atoms with E-state index in [1.165, 1.54) is 12.8 Å². The summed E-state index contributed by atoms with van der Waals surface area (Å²) in [5.41, 5.74) is 1.64. The fraction of sp³-hybridized carbons (Fsp3) is 0.742. The molecule has 36 heavy (non-hydrogen) atoms. The molecule has 1 N–H and O–H groups in total. The van der Waals surface area contributed by atoms with Crippen LogP contribution in [0.1, 0.15) is 85.0 Å². The number of aromatic nitrogens is 2. The largest absolute Gasteiger partial charge is 0.390 e. The van der Waals surface area contributed by atoms with E-state index in [1.54, 1.807) is 0 Å². The smallest absolute Gasteiger partial charge is 0.156 e. The summed E-state index contributed by atoms with van der Waals surface area (Å²) in [6.07, 6.45) is 12.6. The van der Waals surface area contributed by atoms with Gasteiger partial charge in [-0.15, -0.1) is 0 Å². The minimum absolute atomic E-state index is 0.0585. The van der Waals surface area contributed by atoms with Crippen molar-refractivity contribution in [2.75, 3.05) is 13.7 Å². The first-order valence-electron chi connectivity index (χ1n) is 14.3. The lowest BCUT2D eigenvalue weighted by molar-refractivity contribution is -0.129. The molecule has 7 atom stereocenters.